The Morgan fingerprint density at radius 1 is 1.20 bits per heavy atom. The van der Waals surface area contributed by atoms with Crippen LogP contribution in [-0.2, 0) is 45.0 Å². The summed E-state index contributed by atoms with van der Waals surface area (Å²) in [6, 6.07) is 6.47. The van der Waals surface area contributed by atoms with E-state index in [2.05, 4.69) is 9.97 Å². The molecule has 3 rings (SSSR count). The van der Waals surface area contributed by atoms with Crippen molar-refractivity contribution in [2.75, 3.05) is 20.8 Å². The average molecular weight is 687 g/mol. The van der Waals surface area contributed by atoms with Crippen LogP contribution in [0, 0.1) is 0 Å². The van der Waals surface area contributed by atoms with Gasteiger partial charge in [0.05, 0.1) is 6.33 Å². The van der Waals surface area contributed by atoms with Crippen LogP contribution in [0.2, 0.25) is 3.93 Å². The zero-order chi connectivity index (χ0) is 24.7. The van der Waals surface area contributed by atoms with Crippen molar-refractivity contribution in [2.45, 2.75) is 10.0 Å². The first-order valence-electron chi connectivity index (χ1n) is 9.74. The Kier molecular flexibility index (Phi) is 14.3. The number of carbonyl (C=O) groups is 2. The van der Waals surface area contributed by atoms with Crippen LogP contribution in [0.4, 0.5) is 4.79 Å². The Labute approximate surface area is 238 Å². The molecule has 0 fully saturated rings. The molecule has 0 saturated heterocycles. The summed E-state index contributed by atoms with van der Waals surface area (Å²) in [6.45, 7) is -0.0286. The summed E-state index contributed by atoms with van der Waals surface area (Å²) in [5, 5.41) is 11.2. The largest absolute Gasteiger partial charge is 1.00 e. The minimum Gasteiger partial charge on any atom is -0.412 e. The van der Waals surface area contributed by atoms with Crippen LogP contribution in [-0.4, -0.2) is 68.3 Å². The zero-order valence-corrected chi connectivity index (χ0v) is 27.7. The zero-order valence-electron chi connectivity index (χ0n) is 20.2. The molecule has 3 aromatic rings. The van der Waals surface area contributed by atoms with E-state index in [9.17, 15) is 24.3 Å². The number of carboxylic acid groups (broad SMARTS) is 1. The summed E-state index contributed by atoms with van der Waals surface area (Å²) in [7, 11) is 5.93. The van der Waals surface area contributed by atoms with Gasteiger partial charge in [0.2, 0.25) is 0 Å². The molecule has 35 heavy (non-hydrogen) atoms. The van der Waals surface area contributed by atoms with E-state index in [4.69, 9.17) is 9.47 Å². The van der Waals surface area contributed by atoms with Gasteiger partial charge < -0.3 is 10.5 Å². The first-order valence-corrected chi connectivity index (χ1v) is 13.6. The van der Waals surface area contributed by atoms with Crippen LogP contribution in [0.3, 0.4) is 0 Å². The van der Waals surface area contributed by atoms with Crippen LogP contribution in [0.25, 0.3) is 11.2 Å². The van der Waals surface area contributed by atoms with E-state index in [-0.39, 0.29) is 64.5 Å². The van der Waals surface area contributed by atoms with E-state index < -0.39 is 12.0 Å². The summed E-state index contributed by atoms with van der Waals surface area (Å²) >= 11 is 0.449. The number of carbonyl (C=O) groups excluding carboxylic acids is 2. The molecule has 1 aromatic carbocycles. The fraction of sp³-hybridized carbons (Fsp3) is 0.350. The topological polar surface area (TPSA) is 183 Å². The third-order valence-corrected chi connectivity index (χ3v) is 7.38. The molecule has 0 saturated carbocycles. The van der Waals surface area contributed by atoms with Gasteiger partial charge in [-0.05, 0) is 0 Å². The molecule has 1 atom stereocenters. The Morgan fingerprint density at radius 3 is 2.37 bits per heavy atom. The first kappa shape index (κ1) is 33.0. The number of methoxy groups -OCH3 is 2. The van der Waals surface area contributed by atoms with Gasteiger partial charge in [-0.1, -0.05) is 0 Å². The Bertz CT molecular complexity index is 1250. The second-order valence-electron chi connectivity index (χ2n) is 6.84. The van der Waals surface area contributed by atoms with Gasteiger partial charge in [0.15, 0.2) is 5.65 Å². The molecule has 181 valence electrons. The third-order valence-electron chi connectivity index (χ3n) is 4.87. The molecule has 2 aromatic heterocycles. The number of para-hydroxylation sites is 1. The normalized spacial score (nSPS) is 10.8. The van der Waals surface area contributed by atoms with Gasteiger partial charge in [0.25, 0.3) is 5.56 Å². The number of hydrogen-bond donors (Lipinski definition) is 1. The minimum absolute atomic E-state index is 0. The Hall–Kier alpha value is -2.03. The van der Waals surface area contributed by atoms with E-state index in [1.165, 1.54) is 38.2 Å². The van der Waals surface area contributed by atoms with Crippen molar-refractivity contribution in [1.82, 2.24) is 24.0 Å². The molecule has 0 spiro atoms. The number of fused-ring (bicyclic) bond motifs is 1. The molecule has 2 amide bonds. The molecule has 0 aliphatic rings. The predicted molar refractivity (Wildman–Crippen MR) is 115 cm³/mol. The number of aromatic amines is 1. The molecule has 0 aliphatic heterocycles. The van der Waals surface area contributed by atoms with Crippen molar-refractivity contribution in [2.24, 2.45) is 14.1 Å². The molecule has 3 N–H and O–H groups in total. The average Bonchev–Trinajstić information content (AvgIpc) is 3.32. The van der Waals surface area contributed by atoms with E-state index in [1.807, 2.05) is 0 Å². The van der Waals surface area contributed by atoms with Crippen LogP contribution >= 0.6 is 0 Å². The molecular formula is C20H25HgN5NaO8. The summed E-state index contributed by atoms with van der Waals surface area (Å²) < 4.78 is 13.4. The predicted octanol–water partition coefficient (Wildman–Crippen LogP) is -4.40. The second-order valence-corrected chi connectivity index (χ2v) is 9.08. The van der Waals surface area contributed by atoms with Gasteiger partial charge in [0.1, 0.15) is 5.52 Å². The number of imide groups is 1. The maximum atomic E-state index is 12.3. The summed E-state index contributed by atoms with van der Waals surface area (Å²) in [6.07, 6.45) is -0.425. The number of nitrogens with zero attached hydrogens (tertiary/aromatic N) is 4. The number of hydrogen-bond acceptors (Lipinski definition) is 8. The number of nitrogens with one attached hydrogen (secondary N) is 1. The number of amides is 2. The van der Waals surface area contributed by atoms with E-state index in [1.54, 1.807) is 25.2 Å². The maximum Gasteiger partial charge on any atom is 1.00 e. The molecule has 13 nitrogen and oxygen atoms in total. The van der Waals surface area contributed by atoms with E-state index >= 15 is 0 Å². The summed E-state index contributed by atoms with van der Waals surface area (Å²) in [5.41, 5.74) is 0.199. The van der Waals surface area contributed by atoms with Gasteiger partial charge in [-0.15, -0.1) is 0 Å². The summed E-state index contributed by atoms with van der Waals surface area (Å²) in [5.74, 6) is -0.335. The molecule has 0 bridgehead atoms. The van der Waals surface area contributed by atoms with Crippen molar-refractivity contribution >= 4 is 23.2 Å². The second kappa shape index (κ2) is 15.2. The Morgan fingerprint density at radius 2 is 1.83 bits per heavy atom. The SMILES string of the molecule is COc1ccccc1C(=O)N(CC([CH2][Hg])OC)C(=O)[O-].Cn1c(=O)c2[nH]cnc2n(C)c1=O.O.[Na+]. The number of benzene rings is 1. The monoisotopic (exact) mass is 688 g/mol. The van der Waals surface area contributed by atoms with Gasteiger partial charge in [-0.3, -0.25) is 13.9 Å². The molecule has 0 radical (unpaired) electrons. The molecule has 15 heteroatoms. The fourth-order valence-corrected chi connectivity index (χ4v) is 4.59. The van der Waals surface area contributed by atoms with Gasteiger partial charge >= 0.3 is 169 Å². The standard InChI is InChI=1S/C13H16NO5.C7H8N4O2.Hg.Na.H2O/c1-9(18-2)8-14(13(16)17)12(15)10-6-4-5-7-11(10)19-3;1-10-5-4(8-3-9-5)6(12)11(2)7(10)13;;;/h4-7,9H,1,8H2,2-3H3,(H,16,17);3H,1-2H3,(H,8,9);;;1H2/q;;;+1;/p-1. The van der Waals surface area contributed by atoms with Crippen molar-refractivity contribution < 1.29 is 85.3 Å². The van der Waals surface area contributed by atoms with Crippen LogP contribution in [0.15, 0.2) is 40.2 Å². The van der Waals surface area contributed by atoms with Crippen LogP contribution in [0.1, 0.15) is 10.4 Å². The van der Waals surface area contributed by atoms with Crippen molar-refractivity contribution in [3.05, 3.63) is 57.0 Å². The first-order chi connectivity index (χ1) is 15.7. The van der Waals surface area contributed by atoms with Gasteiger partial charge in [-0.25, -0.2) is 9.78 Å². The third kappa shape index (κ3) is 7.72. The summed E-state index contributed by atoms with van der Waals surface area (Å²) in [4.78, 5) is 53.6. The number of rotatable bonds is 6. The smallest absolute Gasteiger partial charge is 0.412 e. The number of H-pyrrole nitrogens is 1. The molecule has 0 aliphatic carbocycles. The molecule has 2 heterocycles. The van der Waals surface area contributed by atoms with Crippen LogP contribution in [0.5, 0.6) is 5.75 Å². The van der Waals surface area contributed by atoms with Crippen molar-refractivity contribution in [3.8, 4) is 5.75 Å². The fourth-order valence-electron chi connectivity index (χ4n) is 2.96. The quantitative estimate of drug-likeness (QED) is 0.252. The number of imidazole rings is 1. The molecule has 1 unspecified atom stereocenters. The Balaban J connectivity index is 0.000000670. The molecular weight excluding hydrogens is 662 g/mol. The van der Waals surface area contributed by atoms with Gasteiger partial charge in [-0.2, -0.15) is 0 Å². The van der Waals surface area contributed by atoms with Crippen LogP contribution < -0.4 is 50.6 Å². The number of aryl methyl sites for hydroxylation is 1. The number of ether oxygens (including phenoxy) is 2. The minimum atomic E-state index is -1.54. The van der Waals surface area contributed by atoms with E-state index in [0.717, 1.165) is 8.50 Å². The van der Waals surface area contributed by atoms with Crippen molar-refractivity contribution in [3.63, 3.8) is 0 Å². The van der Waals surface area contributed by atoms with E-state index in [0.29, 0.717) is 47.9 Å². The van der Waals surface area contributed by atoms with Crippen molar-refractivity contribution in [1.29, 1.82) is 0 Å². The maximum absolute atomic E-state index is 12.3. The van der Waals surface area contributed by atoms with Gasteiger partial charge in [0, 0.05) is 14.1 Å². The number of aromatic nitrogens is 4.